The number of aliphatic hydroxyl groups excluding tert-OH is 1. The average Bonchev–Trinajstić information content (AvgIpc) is 3.27. The second-order valence-electron chi connectivity index (χ2n) is 6.55. The standard InChI is InChI=1S/C22H15ClN2O2S2/c23-17-3-1-2-4-19(17)29-20-18(26)11-22(25-21(20)27,16-9-10-28-13-16)15-7-5-14(12-24)6-8-15/h1-10,13,26H,11H2,(H,25,27). The van der Waals surface area contributed by atoms with Crippen LogP contribution < -0.4 is 5.32 Å². The van der Waals surface area contributed by atoms with Gasteiger partial charge < -0.3 is 10.4 Å². The molecular weight excluding hydrogens is 424 g/mol. The topological polar surface area (TPSA) is 73.1 Å². The first kappa shape index (κ1) is 19.6. The van der Waals surface area contributed by atoms with Crippen molar-refractivity contribution in [3.8, 4) is 6.07 Å². The van der Waals surface area contributed by atoms with Crippen molar-refractivity contribution in [2.75, 3.05) is 0 Å². The highest BCUT2D eigenvalue weighted by molar-refractivity contribution is 8.04. The van der Waals surface area contributed by atoms with E-state index in [1.807, 2.05) is 47.2 Å². The highest BCUT2D eigenvalue weighted by Gasteiger charge is 2.43. The van der Waals surface area contributed by atoms with Crippen molar-refractivity contribution in [3.63, 3.8) is 0 Å². The average molecular weight is 439 g/mol. The smallest absolute Gasteiger partial charge is 0.262 e. The summed E-state index contributed by atoms with van der Waals surface area (Å²) < 4.78 is 0. The fourth-order valence-electron chi connectivity index (χ4n) is 3.35. The molecule has 4 nitrogen and oxygen atoms in total. The second kappa shape index (κ2) is 7.96. The van der Waals surface area contributed by atoms with Crippen LogP contribution in [0.2, 0.25) is 5.02 Å². The highest BCUT2D eigenvalue weighted by atomic mass is 35.5. The lowest BCUT2D eigenvalue weighted by molar-refractivity contribution is -0.119. The van der Waals surface area contributed by atoms with Gasteiger partial charge in [0.25, 0.3) is 5.91 Å². The molecule has 7 heteroatoms. The molecule has 2 aromatic carbocycles. The van der Waals surface area contributed by atoms with Crippen molar-refractivity contribution in [1.82, 2.24) is 5.32 Å². The normalized spacial score (nSPS) is 19.0. The van der Waals surface area contributed by atoms with Gasteiger partial charge in [-0.15, -0.1) is 0 Å². The van der Waals surface area contributed by atoms with E-state index in [0.717, 1.165) is 22.9 Å². The number of thiophene rings is 1. The molecule has 0 radical (unpaired) electrons. The fourth-order valence-corrected chi connectivity index (χ4v) is 5.20. The number of hydrogen-bond acceptors (Lipinski definition) is 5. The molecule has 0 fully saturated rings. The number of nitriles is 1. The first-order valence-corrected chi connectivity index (χ1v) is 10.9. The monoisotopic (exact) mass is 438 g/mol. The first-order valence-electron chi connectivity index (χ1n) is 8.74. The minimum atomic E-state index is -0.903. The summed E-state index contributed by atoms with van der Waals surface area (Å²) in [5, 5.41) is 27.5. The molecule has 144 valence electrons. The van der Waals surface area contributed by atoms with Crippen LogP contribution in [0.5, 0.6) is 0 Å². The lowest BCUT2D eigenvalue weighted by atomic mass is 9.79. The molecule has 0 aliphatic carbocycles. The Labute approximate surface area is 181 Å². The maximum Gasteiger partial charge on any atom is 0.262 e. The molecule has 1 unspecified atom stereocenters. The van der Waals surface area contributed by atoms with Crippen molar-refractivity contribution in [3.05, 3.63) is 97.7 Å². The van der Waals surface area contributed by atoms with E-state index in [2.05, 4.69) is 11.4 Å². The van der Waals surface area contributed by atoms with E-state index in [9.17, 15) is 9.90 Å². The number of carbonyl (C=O) groups is 1. The van der Waals surface area contributed by atoms with Crippen LogP contribution in [0.3, 0.4) is 0 Å². The van der Waals surface area contributed by atoms with Crippen LogP contribution in [-0.2, 0) is 10.3 Å². The summed E-state index contributed by atoms with van der Waals surface area (Å²) in [6.45, 7) is 0. The second-order valence-corrected chi connectivity index (χ2v) is 8.79. The Morgan fingerprint density at radius 1 is 1.14 bits per heavy atom. The number of hydrogen-bond donors (Lipinski definition) is 2. The molecule has 3 aromatic rings. The van der Waals surface area contributed by atoms with Crippen LogP contribution in [0.15, 0.2) is 80.9 Å². The fraction of sp³-hybridized carbons (Fsp3) is 0.0909. The van der Waals surface area contributed by atoms with Crippen LogP contribution in [0.4, 0.5) is 0 Å². The molecule has 1 aliphatic rings. The number of rotatable bonds is 4. The number of thioether (sulfide) groups is 1. The number of carbonyl (C=O) groups excluding carboxylic acids is 1. The van der Waals surface area contributed by atoms with E-state index in [0.29, 0.717) is 15.5 Å². The van der Waals surface area contributed by atoms with E-state index < -0.39 is 5.54 Å². The van der Waals surface area contributed by atoms with E-state index in [4.69, 9.17) is 16.9 Å². The molecule has 1 aliphatic heterocycles. The van der Waals surface area contributed by atoms with Crippen LogP contribution in [0.25, 0.3) is 0 Å². The summed E-state index contributed by atoms with van der Waals surface area (Å²) in [4.78, 5) is 14.0. The SMILES string of the molecule is N#Cc1ccc(C2(c3ccsc3)CC(O)=C(Sc3ccccc3Cl)C(=O)N2)cc1. The van der Waals surface area contributed by atoms with E-state index in [1.165, 1.54) is 11.3 Å². The van der Waals surface area contributed by atoms with Gasteiger partial charge in [0.1, 0.15) is 10.7 Å². The third kappa shape index (κ3) is 3.65. The van der Waals surface area contributed by atoms with Crippen molar-refractivity contribution in [2.24, 2.45) is 0 Å². The van der Waals surface area contributed by atoms with Crippen LogP contribution in [-0.4, -0.2) is 11.0 Å². The number of nitrogens with zero attached hydrogens (tertiary/aromatic N) is 1. The third-order valence-electron chi connectivity index (χ3n) is 4.80. The van der Waals surface area contributed by atoms with Gasteiger partial charge in [-0.1, -0.05) is 47.6 Å². The Kier molecular flexibility index (Phi) is 5.37. The van der Waals surface area contributed by atoms with E-state index in [-0.39, 0.29) is 23.0 Å². The molecule has 0 saturated carbocycles. The molecule has 2 heterocycles. The van der Waals surface area contributed by atoms with Gasteiger partial charge in [0.15, 0.2) is 0 Å². The van der Waals surface area contributed by atoms with Crippen molar-refractivity contribution in [2.45, 2.75) is 16.9 Å². The predicted octanol–water partition coefficient (Wildman–Crippen LogP) is 5.60. The minimum absolute atomic E-state index is 0.00855. The maximum absolute atomic E-state index is 13.1. The molecule has 4 rings (SSSR count). The van der Waals surface area contributed by atoms with Crippen molar-refractivity contribution in [1.29, 1.82) is 5.26 Å². The molecule has 1 aromatic heterocycles. The Morgan fingerprint density at radius 3 is 2.52 bits per heavy atom. The minimum Gasteiger partial charge on any atom is -0.511 e. The Hall–Kier alpha value is -2.72. The number of benzene rings is 2. The van der Waals surface area contributed by atoms with Gasteiger partial charge in [-0.3, -0.25) is 4.79 Å². The molecule has 29 heavy (non-hydrogen) atoms. The zero-order valence-corrected chi connectivity index (χ0v) is 17.4. The predicted molar refractivity (Wildman–Crippen MR) is 116 cm³/mol. The van der Waals surface area contributed by atoms with Gasteiger partial charge in [-0.2, -0.15) is 16.6 Å². The van der Waals surface area contributed by atoms with Gasteiger partial charge in [-0.05, 0) is 52.2 Å². The summed E-state index contributed by atoms with van der Waals surface area (Å²) in [5.41, 5.74) is 1.32. The number of aliphatic hydroxyl groups is 1. The quantitative estimate of drug-likeness (QED) is 0.556. The molecule has 0 spiro atoms. The summed E-state index contributed by atoms with van der Waals surface area (Å²) in [6, 6.07) is 18.3. The van der Waals surface area contributed by atoms with E-state index >= 15 is 0 Å². The lowest BCUT2D eigenvalue weighted by Gasteiger charge is -2.38. The Bertz CT molecular complexity index is 1130. The summed E-state index contributed by atoms with van der Waals surface area (Å²) >= 11 is 8.89. The summed E-state index contributed by atoms with van der Waals surface area (Å²) in [7, 11) is 0. The highest BCUT2D eigenvalue weighted by Crippen LogP contribution is 2.44. The van der Waals surface area contributed by atoms with Crippen molar-refractivity contribution >= 4 is 40.6 Å². The molecular formula is C22H15ClN2O2S2. The lowest BCUT2D eigenvalue weighted by Crippen LogP contribution is -2.50. The zero-order chi connectivity index (χ0) is 20.4. The van der Waals surface area contributed by atoms with Crippen LogP contribution in [0.1, 0.15) is 23.1 Å². The molecule has 1 amide bonds. The Morgan fingerprint density at radius 2 is 1.90 bits per heavy atom. The number of halogens is 1. The number of nitrogens with one attached hydrogen (secondary N) is 1. The zero-order valence-electron chi connectivity index (χ0n) is 15.1. The molecule has 1 atom stereocenters. The van der Waals surface area contributed by atoms with Gasteiger partial charge >= 0.3 is 0 Å². The van der Waals surface area contributed by atoms with E-state index in [1.54, 1.807) is 18.2 Å². The van der Waals surface area contributed by atoms with Gasteiger partial charge in [0, 0.05) is 11.3 Å². The maximum atomic E-state index is 13.1. The van der Waals surface area contributed by atoms with Gasteiger partial charge in [0.2, 0.25) is 0 Å². The summed E-state index contributed by atoms with van der Waals surface area (Å²) in [6.07, 6.45) is 0.203. The molecule has 0 bridgehead atoms. The van der Waals surface area contributed by atoms with Crippen LogP contribution >= 0.6 is 34.7 Å². The largest absolute Gasteiger partial charge is 0.511 e. The Balaban J connectivity index is 1.77. The molecule has 2 N–H and O–H groups in total. The first-order chi connectivity index (χ1) is 14.0. The third-order valence-corrected chi connectivity index (χ3v) is 7.12. The number of amides is 1. The van der Waals surface area contributed by atoms with Crippen LogP contribution in [0, 0.1) is 11.3 Å². The van der Waals surface area contributed by atoms with Crippen molar-refractivity contribution < 1.29 is 9.90 Å². The van der Waals surface area contributed by atoms with Gasteiger partial charge in [0.05, 0.1) is 22.2 Å². The summed E-state index contributed by atoms with van der Waals surface area (Å²) in [5.74, 6) is -0.358. The van der Waals surface area contributed by atoms with Gasteiger partial charge in [-0.25, -0.2) is 0 Å². The molecule has 0 saturated heterocycles.